The van der Waals surface area contributed by atoms with Crippen molar-refractivity contribution < 1.29 is 13.9 Å². The topological polar surface area (TPSA) is 42.4 Å². The number of nitrogens with zero attached hydrogens (tertiary/aromatic N) is 2. The van der Waals surface area contributed by atoms with Gasteiger partial charge in [-0.1, -0.05) is 30.3 Å². The summed E-state index contributed by atoms with van der Waals surface area (Å²) in [7, 11) is 1.49. The number of halogens is 1. The van der Waals surface area contributed by atoms with E-state index in [1.807, 2.05) is 35.7 Å². The number of aromatic nitrogens is 1. The smallest absolute Gasteiger partial charge is 0.255 e. The molecule has 0 aliphatic carbocycles. The number of carbonyl (C=O) groups excluding carboxylic acids is 1. The molecule has 0 N–H and O–H groups in total. The zero-order valence-electron chi connectivity index (χ0n) is 13.7. The van der Waals surface area contributed by atoms with Crippen molar-refractivity contribution in [3.8, 4) is 11.3 Å². The summed E-state index contributed by atoms with van der Waals surface area (Å²) in [6, 6.07) is 15.8. The Kier molecular flexibility index (Phi) is 5.53. The number of amides is 1. The second kappa shape index (κ2) is 8.00. The average molecular weight is 356 g/mol. The van der Waals surface area contributed by atoms with Crippen LogP contribution in [0.1, 0.15) is 5.56 Å². The molecule has 1 amide bonds. The van der Waals surface area contributed by atoms with Gasteiger partial charge in [0, 0.05) is 18.1 Å². The molecule has 128 valence electrons. The third-order valence-corrected chi connectivity index (χ3v) is 4.48. The monoisotopic (exact) mass is 356 g/mol. The number of thiazole rings is 1. The molecule has 0 saturated heterocycles. The van der Waals surface area contributed by atoms with Crippen molar-refractivity contribution in [2.24, 2.45) is 0 Å². The SMILES string of the molecule is COCC(=O)N(Cc1ccccc1)c1nc(-c2ccc(F)cc2)cs1. The van der Waals surface area contributed by atoms with Gasteiger partial charge in [0.15, 0.2) is 5.13 Å². The van der Waals surface area contributed by atoms with E-state index in [0.717, 1.165) is 11.1 Å². The van der Waals surface area contributed by atoms with Crippen molar-refractivity contribution in [2.45, 2.75) is 6.54 Å². The molecule has 0 saturated carbocycles. The van der Waals surface area contributed by atoms with Crippen LogP contribution in [0.3, 0.4) is 0 Å². The van der Waals surface area contributed by atoms with Crippen molar-refractivity contribution in [3.05, 3.63) is 71.4 Å². The highest BCUT2D eigenvalue weighted by Crippen LogP contribution is 2.28. The number of anilines is 1. The number of benzene rings is 2. The molecule has 1 aromatic heterocycles. The Morgan fingerprint density at radius 3 is 2.56 bits per heavy atom. The van der Waals surface area contributed by atoms with Gasteiger partial charge < -0.3 is 4.74 Å². The molecule has 0 fully saturated rings. The van der Waals surface area contributed by atoms with Crippen molar-refractivity contribution >= 4 is 22.4 Å². The maximum Gasteiger partial charge on any atom is 0.255 e. The number of hydrogen-bond acceptors (Lipinski definition) is 4. The van der Waals surface area contributed by atoms with Crippen LogP contribution in [0, 0.1) is 5.82 Å². The maximum absolute atomic E-state index is 13.1. The summed E-state index contributed by atoms with van der Waals surface area (Å²) >= 11 is 1.37. The van der Waals surface area contributed by atoms with Gasteiger partial charge in [0.1, 0.15) is 12.4 Å². The van der Waals surface area contributed by atoms with Crippen LogP contribution in [0.15, 0.2) is 60.0 Å². The van der Waals surface area contributed by atoms with Crippen LogP contribution in [0.2, 0.25) is 0 Å². The molecule has 0 bridgehead atoms. The van der Waals surface area contributed by atoms with Gasteiger partial charge in [0.25, 0.3) is 5.91 Å². The first kappa shape index (κ1) is 17.3. The van der Waals surface area contributed by atoms with Gasteiger partial charge in [-0.05, 0) is 29.8 Å². The third kappa shape index (κ3) is 4.29. The minimum Gasteiger partial charge on any atom is -0.375 e. The molecular formula is C19H17FN2O2S. The molecule has 1 heterocycles. The average Bonchev–Trinajstić information content (AvgIpc) is 3.11. The second-order valence-corrected chi connectivity index (χ2v) is 6.26. The van der Waals surface area contributed by atoms with Crippen LogP contribution >= 0.6 is 11.3 Å². The summed E-state index contributed by atoms with van der Waals surface area (Å²) in [6.07, 6.45) is 0. The van der Waals surface area contributed by atoms with Crippen LogP contribution < -0.4 is 4.90 Å². The van der Waals surface area contributed by atoms with Crippen LogP contribution in [0.5, 0.6) is 0 Å². The van der Waals surface area contributed by atoms with E-state index in [9.17, 15) is 9.18 Å². The highest BCUT2D eigenvalue weighted by atomic mass is 32.1. The first-order chi connectivity index (χ1) is 12.2. The molecule has 4 nitrogen and oxygen atoms in total. The summed E-state index contributed by atoms with van der Waals surface area (Å²) in [5.74, 6) is -0.452. The zero-order chi connectivity index (χ0) is 17.6. The fourth-order valence-corrected chi connectivity index (χ4v) is 3.22. The van der Waals surface area contributed by atoms with Gasteiger partial charge in [-0.3, -0.25) is 9.69 Å². The number of hydrogen-bond donors (Lipinski definition) is 0. The fraction of sp³-hybridized carbons (Fsp3) is 0.158. The summed E-state index contributed by atoms with van der Waals surface area (Å²) in [6.45, 7) is 0.400. The summed E-state index contributed by atoms with van der Waals surface area (Å²) in [4.78, 5) is 18.6. The Morgan fingerprint density at radius 1 is 1.16 bits per heavy atom. The van der Waals surface area contributed by atoms with E-state index in [0.29, 0.717) is 17.4 Å². The lowest BCUT2D eigenvalue weighted by molar-refractivity contribution is -0.122. The first-order valence-electron chi connectivity index (χ1n) is 7.72. The number of rotatable bonds is 6. The molecule has 0 radical (unpaired) electrons. The van der Waals surface area contributed by atoms with E-state index in [2.05, 4.69) is 4.98 Å². The molecule has 3 aromatic rings. The van der Waals surface area contributed by atoms with Gasteiger partial charge in [-0.2, -0.15) is 0 Å². The number of ether oxygens (including phenoxy) is 1. The van der Waals surface area contributed by atoms with E-state index in [1.54, 1.807) is 17.0 Å². The largest absolute Gasteiger partial charge is 0.375 e. The Labute approximate surface area is 149 Å². The lowest BCUT2D eigenvalue weighted by atomic mass is 10.2. The molecule has 2 aromatic carbocycles. The van der Waals surface area contributed by atoms with Crippen molar-refractivity contribution in [2.75, 3.05) is 18.6 Å². The predicted octanol–water partition coefficient (Wildman–Crippen LogP) is 4.13. The van der Waals surface area contributed by atoms with Crippen molar-refractivity contribution in [1.29, 1.82) is 0 Å². The van der Waals surface area contributed by atoms with Crippen LogP contribution in [0.4, 0.5) is 9.52 Å². The van der Waals surface area contributed by atoms with Crippen molar-refractivity contribution in [3.63, 3.8) is 0 Å². The Hall–Kier alpha value is -2.57. The molecule has 0 spiro atoms. The second-order valence-electron chi connectivity index (χ2n) is 5.42. The highest BCUT2D eigenvalue weighted by Gasteiger charge is 2.19. The summed E-state index contributed by atoms with van der Waals surface area (Å²) < 4.78 is 18.1. The fourth-order valence-electron chi connectivity index (χ4n) is 2.37. The minimum atomic E-state index is -0.292. The van der Waals surface area contributed by atoms with Gasteiger partial charge >= 0.3 is 0 Å². The van der Waals surface area contributed by atoms with E-state index in [4.69, 9.17) is 4.74 Å². The molecule has 0 unspecified atom stereocenters. The van der Waals surface area contributed by atoms with Crippen molar-refractivity contribution in [1.82, 2.24) is 4.98 Å². The van der Waals surface area contributed by atoms with Gasteiger partial charge in [-0.25, -0.2) is 9.37 Å². The number of carbonyl (C=O) groups is 1. The first-order valence-corrected chi connectivity index (χ1v) is 8.60. The minimum absolute atomic E-state index is 0.0156. The molecule has 0 atom stereocenters. The summed E-state index contributed by atoms with van der Waals surface area (Å²) in [5.41, 5.74) is 2.52. The Morgan fingerprint density at radius 2 is 1.88 bits per heavy atom. The molecule has 3 rings (SSSR count). The van der Waals surface area contributed by atoms with Crippen LogP contribution in [-0.4, -0.2) is 24.6 Å². The molecule has 6 heteroatoms. The highest BCUT2D eigenvalue weighted by molar-refractivity contribution is 7.14. The van der Waals surface area contributed by atoms with Crippen LogP contribution in [-0.2, 0) is 16.1 Å². The van der Waals surface area contributed by atoms with Gasteiger partial charge in [-0.15, -0.1) is 11.3 Å². The quantitative estimate of drug-likeness (QED) is 0.667. The van der Waals surface area contributed by atoms with Gasteiger partial charge in [0.2, 0.25) is 0 Å². The van der Waals surface area contributed by atoms with E-state index in [1.165, 1.54) is 30.6 Å². The summed E-state index contributed by atoms with van der Waals surface area (Å²) in [5, 5.41) is 2.45. The zero-order valence-corrected chi connectivity index (χ0v) is 14.5. The van der Waals surface area contributed by atoms with E-state index < -0.39 is 0 Å². The van der Waals surface area contributed by atoms with Gasteiger partial charge in [0.05, 0.1) is 12.2 Å². The lowest BCUT2D eigenvalue weighted by Crippen LogP contribution is -2.33. The normalized spacial score (nSPS) is 10.6. The Bertz CT molecular complexity index is 834. The molecule has 25 heavy (non-hydrogen) atoms. The van der Waals surface area contributed by atoms with Crippen LogP contribution in [0.25, 0.3) is 11.3 Å². The molecule has 0 aliphatic rings. The standard InChI is InChI=1S/C19H17FN2O2S/c1-24-12-18(23)22(11-14-5-3-2-4-6-14)19-21-17(13-25-19)15-7-9-16(20)10-8-15/h2-10,13H,11-12H2,1H3. The van der Waals surface area contributed by atoms with E-state index >= 15 is 0 Å². The third-order valence-electron chi connectivity index (χ3n) is 3.62. The molecule has 0 aliphatic heterocycles. The van der Waals surface area contributed by atoms with E-state index in [-0.39, 0.29) is 18.3 Å². The predicted molar refractivity (Wildman–Crippen MR) is 97.0 cm³/mol. The maximum atomic E-state index is 13.1. The molecular weight excluding hydrogens is 339 g/mol. The number of methoxy groups -OCH3 is 1. The lowest BCUT2D eigenvalue weighted by Gasteiger charge is -2.19. The Balaban J connectivity index is 1.88.